The van der Waals surface area contributed by atoms with Crippen molar-refractivity contribution in [3.63, 3.8) is 0 Å². The molecule has 3 aromatic carbocycles. The van der Waals surface area contributed by atoms with Gasteiger partial charge in [0.05, 0.1) is 5.56 Å². The number of aromatic nitrogens is 1. The van der Waals surface area contributed by atoms with E-state index >= 15 is 0 Å². The fraction of sp³-hybridized carbons (Fsp3) is 0.156. The normalized spacial score (nSPS) is 12.9. The van der Waals surface area contributed by atoms with Crippen molar-refractivity contribution in [3.8, 4) is 22.5 Å². The summed E-state index contributed by atoms with van der Waals surface area (Å²) in [6.45, 7) is 1.99. The van der Waals surface area contributed by atoms with Crippen LogP contribution in [0.4, 0.5) is 10.1 Å². The topological polar surface area (TPSA) is 75.4 Å². The second-order valence-corrected chi connectivity index (χ2v) is 9.74. The second kappa shape index (κ2) is 9.83. The lowest BCUT2D eigenvalue weighted by molar-refractivity contribution is 0.0962. The maximum absolute atomic E-state index is 13.7. The molecule has 7 heteroatoms. The first-order valence-electron chi connectivity index (χ1n) is 12.8. The summed E-state index contributed by atoms with van der Waals surface area (Å²) in [6, 6.07) is 21.1. The highest BCUT2D eigenvalue weighted by Gasteiger charge is 2.34. The van der Waals surface area contributed by atoms with Crippen molar-refractivity contribution in [3.05, 3.63) is 108 Å². The van der Waals surface area contributed by atoms with Crippen LogP contribution in [0.25, 0.3) is 33.4 Å². The van der Waals surface area contributed by atoms with Gasteiger partial charge < -0.3 is 14.6 Å². The van der Waals surface area contributed by atoms with Crippen LogP contribution in [-0.4, -0.2) is 29.9 Å². The molecule has 2 amide bonds. The van der Waals surface area contributed by atoms with Crippen LogP contribution in [-0.2, 0) is 0 Å². The predicted molar refractivity (Wildman–Crippen MR) is 149 cm³/mol. The number of pyridine rings is 1. The number of nitrogens with one attached hydrogen (secondary N) is 1. The highest BCUT2D eigenvalue weighted by atomic mass is 19.1. The van der Waals surface area contributed by atoms with E-state index in [1.165, 1.54) is 12.1 Å². The lowest BCUT2D eigenvalue weighted by Crippen LogP contribution is -2.33. The van der Waals surface area contributed by atoms with E-state index in [0.29, 0.717) is 33.4 Å². The largest absolute Gasteiger partial charge is 0.455 e. The Bertz CT molecular complexity index is 1710. The summed E-state index contributed by atoms with van der Waals surface area (Å²) < 4.78 is 19.7. The molecule has 5 aromatic rings. The van der Waals surface area contributed by atoms with Gasteiger partial charge in [-0.3, -0.25) is 14.6 Å². The smallest absolute Gasteiger partial charge is 0.258 e. The first-order chi connectivity index (χ1) is 18.9. The Morgan fingerprint density at radius 2 is 1.67 bits per heavy atom. The molecule has 0 atom stereocenters. The van der Waals surface area contributed by atoms with E-state index in [1.54, 1.807) is 31.6 Å². The average molecular weight is 520 g/mol. The Morgan fingerprint density at radius 3 is 2.36 bits per heavy atom. The number of fused-ring (bicyclic) bond motifs is 1. The van der Waals surface area contributed by atoms with Crippen LogP contribution in [0.15, 0.2) is 89.6 Å². The molecule has 0 saturated heterocycles. The Kier molecular flexibility index (Phi) is 6.19. The number of rotatable bonds is 6. The van der Waals surface area contributed by atoms with Gasteiger partial charge in [-0.25, -0.2) is 4.39 Å². The first-order valence-corrected chi connectivity index (χ1v) is 12.8. The van der Waals surface area contributed by atoms with Gasteiger partial charge in [-0.15, -0.1) is 0 Å². The number of benzene rings is 3. The van der Waals surface area contributed by atoms with Crippen LogP contribution < -0.4 is 10.2 Å². The van der Waals surface area contributed by atoms with Crippen LogP contribution in [0.5, 0.6) is 0 Å². The quantitative estimate of drug-likeness (QED) is 0.268. The maximum atomic E-state index is 13.7. The molecule has 1 aliphatic rings. The van der Waals surface area contributed by atoms with Gasteiger partial charge in [0, 0.05) is 47.7 Å². The molecule has 6 nitrogen and oxygen atoms in total. The van der Waals surface area contributed by atoms with E-state index in [1.807, 2.05) is 60.4 Å². The molecule has 0 radical (unpaired) electrons. The molecule has 1 N–H and O–H groups in total. The molecule has 1 fully saturated rings. The number of hydrogen-bond acceptors (Lipinski definition) is 4. The number of carbonyl (C=O) groups excluding carboxylic acids is 2. The van der Waals surface area contributed by atoms with Crippen molar-refractivity contribution in [2.45, 2.75) is 25.8 Å². The van der Waals surface area contributed by atoms with E-state index in [0.717, 1.165) is 35.2 Å². The van der Waals surface area contributed by atoms with Crippen molar-refractivity contribution in [1.82, 2.24) is 10.3 Å². The number of nitrogens with zero attached hydrogens (tertiary/aromatic N) is 2. The van der Waals surface area contributed by atoms with Crippen molar-refractivity contribution in [1.29, 1.82) is 0 Å². The standard InChI is InChI=1S/C32H26FN3O3/c1-19-3-4-22(32(38)36(24-10-11-24)25-13-15-35-16-14-25)18-26(19)21-7-12-28-27(17-21)29(31(37)34-2)30(39-28)20-5-8-23(33)9-6-20/h3-9,12-18,24H,10-11H2,1-2H3,(H,34,37). The van der Waals surface area contributed by atoms with Crippen LogP contribution in [0, 0.1) is 12.7 Å². The summed E-state index contributed by atoms with van der Waals surface area (Å²) in [5.74, 6) is -0.352. The van der Waals surface area contributed by atoms with Gasteiger partial charge in [-0.05, 0) is 97.1 Å². The molecule has 2 aromatic heterocycles. The van der Waals surface area contributed by atoms with Crippen LogP contribution in [0.1, 0.15) is 39.1 Å². The summed E-state index contributed by atoms with van der Waals surface area (Å²) >= 11 is 0. The minimum absolute atomic E-state index is 0.0565. The summed E-state index contributed by atoms with van der Waals surface area (Å²) in [5, 5.41) is 3.33. The highest BCUT2D eigenvalue weighted by Crippen LogP contribution is 2.38. The van der Waals surface area contributed by atoms with Gasteiger partial charge in [0.25, 0.3) is 11.8 Å². The van der Waals surface area contributed by atoms with Crippen LogP contribution in [0.2, 0.25) is 0 Å². The van der Waals surface area contributed by atoms with Gasteiger partial charge in [0.1, 0.15) is 17.2 Å². The molecular weight excluding hydrogens is 493 g/mol. The molecule has 6 rings (SSSR count). The van der Waals surface area contributed by atoms with Gasteiger partial charge >= 0.3 is 0 Å². The zero-order chi connectivity index (χ0) is 27.1. The summed E-state index contributed by atoms with van der Waals surface area (Å²) in [6.07, 6.45) is 5.34. The first kappa shape index (κ1) is 24.6. The number of halogens is 1. The highest BCUT2D eigenvalue weighted by molar-refractivity contribution is 6.12. The third-order valence-electron chi connectivity index (χ3n) is 7.12. The number of amides is 2. The van der Waals surface area contributed by atoms with Crippen molar-refractivity contribution < 1.29 is 18.4 Å². The summed E-state index contributed by atoms with van der Waals surface area (Å²) in [7, 11) is 1.56. The van der Waals surface area contributed by atoms with Crippen molar-refractivity contribution in [2.75, 3.05) is 11.9 Å². The summed E-state index contributed by atoms with van der Waals surface area (Å²) in [4.78, 5) is 32.6. The Balaban J connectivity index is 1.44. The number of furan rings is 1. The average Bonchev–Trinajstić information content (AvgIpc) is 3.72. The minimum Gasteiger partial charge on any atom is -0.455 e. The number of aryl methyl sites for hydroxylation is 1. The third kappa shape index (κ3) is 4.56. The lowest BCUT2D eigenvalue weighted by Gasteiger charge is -2.23. The molecule has 0 spiro atoms. The molecule has 1 saturated carbocycles. The fourth-order valence-corrected chi connectivity index (χ4v) is 4.96. The molecule has 0 unspecified atom stereocenters. The number of anilines is 1. The zero-order valence-corrected chi connectivity index (χ0v) is 21.6. The molecular formula is C32H26FN3O3. The van der Waals surface area contributed by atoms with Gasteiger partial charge in [-0.2, -0.15) is 0 Å². The summed E-state index contributed by atoms with van der Waals surface area (Å²) in [5.41, 5.74) is 5.69. The Hall–Kier alpha value is -4.78. The SMILES string of the molecule is CNC(=O)c1c(-c2ccc(F)cc2)oc2ccc(-c3cc(C(=O)N(c4ccncc4)C4CC4)ccc3C)cc12. The molecule has 0 bridgehead atoms. The molecule has 2 heterocycles. The molecule has 1 aliphatic carbocycles. The minimum atomic E-state index is -0.368. The van der Waals surface area contributed by atoms with Gasteiger partial charge in [0.2, 0.25) is 0 Å². The predicted octanol–water partition coefficient (Wildman–Crippen LogP) is 6.78. The van der Waals surface area contributed by atoms with E-state index in [-0.39, 0.29) is 23.7 Å². The zero-order valence-electron chi connectivity index (χ0n) is 21.6. The molecule has 0 aliphatic heterocycles. The number of hydrogen-bond donors (Lipinski definition) is 1. The second-order valence-electron chi connectivity index (χ2n) is 9.74. The van der Waals surface area contributed by atoms with E-state index < -0.39 is 0 Å². The van der Waals surface area contributed by atoms with Crippen molar-refractivity contribution >= 4 is 28.5 Å². The lowest BCUT2D eigenvalue weighted by atomic mass is 9.95. The van der Waals surface area contributed by atoms with E-state index in [4.69, 9.17) is 4.42 Å². The van der Waals surface area contributed by atoms with Gasteiger partial charge in [-0.1, -0.05) is 12.1 Å². The monoisotopic (exact) mass is 519 g/mol. The molecule has 39 heavy (non-hydrogen) atoms. The van der Waals surface area contributed by atoms with E-state index in [2.05, 4.69) is 10.3 Å². The maximum Gasteiger partial charge on any atom is 0.258 e. The Morgan fingerprint density at radius 1 is 0.949 bits per heavy atom. The van der Waals surface area contributed by atoms with E-state index in [9.17, 15) is 14.0 Å². The fourth-order valence-electron chi connectivity index (χ4n) is 4.96. The van der Waals surface area contributed by atoms with Crippen LogP contribution >= 0.6 is 0 Å². The van der Waals surface area contributed by atoms with Gasteiger partial charge in [0.15, 0.2) is 0 Å². The number of carbonyl (C=O) groups is 2. The molecule has 194 valence electrons. The van der Waals surface area contributed by atoms with Crippen molar-refractivity contribution in [2.24, 2.45) is 0 Å². The Labute approximate surface area is 225 Å². The third-order valence-corrected chi connectivity index (χ3v) is 7.12. The van der Waals surface area contributed by atoms with Crippen LogP contribution in [0.3, 0.4) is 0 Å².